The summed E-state index contributed by atoms with van der Waals surface area (Å²) in [6.07, 6.45) is 5.38. The molecule has 126 valence electrons. The van der Waals surface area contributed by atoms with E-state index in [4.69, 9.17) is 9.15 Å². The van der Waals surface area contributed by atoms with E-state index in [2.05, 4.69) is 29.4 Å². The van der Waals surface area contributed by atoms with Crippen LogP contribution in [0.2, 0.25) is 0 Å². The van der Waals surface area contributed by atoms with Crippen molar-refractivity contribution in [2.24, 2.45) is 0 Å². The van der Waals surface area contributed by atoms with Crippen molar-refractivity contribution in [3.8, 4) is 17.0 Å². The van der Waals surface area contributed by atoms with Crippen molar-refractivity contribution in [1.29, 1.82) is 0 Å². The van der Waals surface area contributed by atoms with Crippen LogP contribution in [0.4, 0.5) is 0 Å². The van der Waals surface area contributed by atoms with Crippen molar-refractivity contribution >= 4 is 5.91 Å². The summed E-state index contributed by atoms with van der Waals surface area (Å²) in [6, 6.07) is 11.7. The molecule has 0 radical (unpaired) electrons. The molecule has 5 nitrogen and oxygen atoms in total. The third kappa shape index (κ3) is 3.13. The first-order chi connectivity index (χ1) is 12.2. The van der Waals surface area contributed by atoms with E-state index in [0.29, 0.717) is 12.1 Å². The summed E-state index contributed by atoms with van der Waals surface area (Å²) in [5, 5.41) is 2.90. The molecule has 2 aromatic heterocycles. The highest BCUT2D eigenvalue weighted by atomic mass is 16.5. The number of benzene rings is 1. The van der Waals surface area contributed by atoms with Gasteiger partial charge in [0.15, 0.2) is 0 Å². The van der Waals surface area contributed by atoms with Crippen molar-refractivity contribution < 1.29 is 13.9 Å². The Labute approximate surface area is 145 Å². The van der Waals surface area contributed by atoms with Gasteiger partial charge in [-0.05, 0) is 42.3 Å². The van der Waals surface area contributed by atoms with Crippen LogP contribution >= 0.6 is 0 Å². The summed E-state index contributed by atoms with van der Waals surface area (Å²) in [6.45, 7) is 2.51. The van der Waals surface area contributed by atoms with Gasteiger partial charge in [-0.2, -0.15) is 0 Å². The smallest absolute Gasteiger partial charge is 0.254 e. The number of hydrogen-bond donors (Lipinski definition) is 1. The van der Waals surface area contributed by atoms with E-state index in [9.17, 15) is 4.79 Å². The van der Waals surface area contributed by atoms with Gasteiger partial charge in [0.2, 0.25) is 0 Å². The largest absolute Gasteiger partial charge is 0.487 e. The van der Waals surface area contributed by atoms with Crippen LogP contribution in [0, 0.1) is 6.92 Å². The maximum absolute atomic E-state index is 12.0. The summed E-state index contributed by atoms with van der Waals surface area (Å²) in [5.41, 5.74) is 4.74. The van der Waals surface area contributed by atoms with Crippen molar-refractivity contribution in [3.63, 3.8) is 0 Å². The zero-order valence-electron chi connectivity index (χ0n) is 13.9. The molecular formula is C20H18N2O3. The van der Waals surface area contributed by atoms with Gasteiger partial charge in [-0.25, -0.2) is 0 Å². The number of amides is 1. The molecule has 1 aliphatic rings. The van der Waals surface area contributed by atoms with Gasteiger partial charge < -0.3 is 14.5 Å². The highest BCUT2D eigenvalue weighted by molar-refractivity contribution is 5.93. The van der Waals surface area contributed by atoms with Crippen LogP contribution in [0.5, 0.6) is 5.75 Å². The molecule has 0 fully saturated rings. The summed E-state index contributed by atoms with van der Waals surface area (Å²) in [4.78, 5) is 16.5. The molecule has 0 aliphatic carbocycles. The molecule has 3 heterocycles. The topological polar surface area (TPSA) is 64.4 Å². The first-order valence-electron chi connectivity index (χ1n) is 8.22. The maximum atomic E-state index is 12.0. The van der Waals surface area contributed by atoms with Crippen molar-refractivity contribution in [1.82, 2.24) is 10.3 Å². The van der Waals surface area contributed by atoms with Gasteiger partial charge in [-0.15, -0.1) is 0 Å². The minimum absolute atomic E-state index is 0.0879. The Morgan fingerprint density at radius 2 is 2.24 bits per heavy atom. The standard InChI is InChI=1S/C20H18N2O3/c1-13-8-15-10-16(11-22-20(23)14-5-7-24-12-14)25-19(15)17(9-13)18-4-2-3-6-21-18/h2-9,12,16H,10-11H2,1H3,(H,22,23)/t16-/m1/s1. The molecule has 0 spiro atoms. The summed E-state index contributed by atoms with van der Waals surface area (Å²) in [5.74, 6) is 0.710. The fourth-order valence-corrected chi connectivity index (χ4v) is 3.12. The van der Waals surface area contributed by atoms with Gasteiger partial charge in [0.25, 0.3) is 5.91 Å². The highest BCUT2D eigenvalue weighted by Crippen LogP contribution is 2.39. The number of nitrogens with one attached hydrogen (secondary N) is 1. The molecule has 0 unspecified atom stereocenters. The second-order valence-electron chi connectivity index (χ2n) is 6.18. The Kier molecular flexibility index (Phi) is 3.98. The molecule has 1 aromatic carbocycles. The number of carbonyl (C=O) groups excluding carboxylic acids is 1. The normalized spacial score (nSPS) is 15.5. The molecule has 5 heteroatoms. The Hall–Kier alpha value is -3.08. The van der Waals surface area contributed by atoms with Crippen LogP contribution in [-0.4, -0.2) is 23.5 Å². The van der Waals surface area contributed by atoms with Crippen molar-refractivity contribution in [2.75, 3.05) is 6.54 Å². The lowest BCUT2D eigenvalue weighted by Crippen LogP contribution is -2.34. The molecule has 1 amide bonds. The molecular weight excluding hydrogens is 316 g/mol. The Balaban J connectivity index is 1.51. The first kappa shape index (κ1) is 15.4. The molecule has 1 atom stereocenters. The van der Waals surface area contributed by atoms with E-state index in [0.717, 1.165) is 29.0 Å². The first-order valence-corrected chi connectivity index (χ1v) is 8.22. The minimum atomic E-state index is -0.158. The summed E-state index contributed by atoms with van der Waals surface area (Å²) in [7, 11) is 0. The van der Waals surface area contributed by atoms with Gasteiger partial charge in [-0.3, -0.25) is 9.78 Å². The van der Waals surface area contributed by atoms with Gasteiger partial charge in [0.1, 0.15) is 18.1 Å². The van der Waals surface area contributed by atoms with Crippen LogP contribution < -0.4 is 10.1 Å². The lowest BCUT2D eigenvalue weighted by molar-refractivity contribution is 0.0933. The average Bonchev–Trinajstić information content (AvgIpc) is 3.29. The molecule has 3 aromatic rings. The maximum Gasteiger partial charge on any atom is 0.254 e. The van der Waals surface area contributed by atoms with Gasteiger partial charge in [0.05, 0.1) is 24.1 Å². The Morgan fingerprint density at radius 3 is 3.00 bits per heavy atom. The molecule has 1 aliphatic heterocycles. The zero-order chi connectivity index (χ0) is 17.2. The number of hydrogen-bond acceptors (Lipinski definition) is 4. The monoisotopic (exact) mass is 334 g/mol. The predicted octanol–water partition coefficient (Wildman–Crippen LogP) is 3.38. The van der Waals surface area contributed by atoms with E-state index in [1.54, 1.807) is 12.3 Å². The molecule has 0 bridgehead atoms. The van der Waals surface area contributed by atoms with Gasteiger partial charge in [0, 0.05) is 18.2 Å². The third-order valence-electron chi connectivity index (χ3n) is 4.26. The highest BCUT2D eigenvalue weighted by Gasteiger charge is 2.27. The SMILES string of the molecule is Cc1cc2c(c(-c3ccccn3)c1)O[C@@H](CNC(=O)c1ccoc1)C2. The number of pyridine rings is 1. The van der Waals surface area contributed by atoms with Crippen molar-refractivity contribution in [2.45, 2.75) is 19.4 Å². The Morgan fingerprint density at radius 1 is 1.32 bits per heavy atom. The summed E-state index contributed by atoms with van der Waals surface area (Å²) < 4.78 is 11.1. The summed E-state index contributed by atoms with van der Waals surface area (Å²) >= 11 is 0. The number of carbonyl (C=O) groups is 1. The van der Waals surface area contributed by atoms with Gasteiger partial charge >= 0.3 is 0 Å². The molecule has 1 N–H and O–H groups in total. The van der Waals surface area contributed by atoms with E-state index in [1.165, 1.54) is 18.1 Å². The number of rotatable bonds is 4. The molecule has 4 rings (SSSR count). The second kappa shape index (κ2) is 6.43. The quantitative estimate of drug-likeness (QED) is 0.794. The van der Waals surface area contributed by atoms with E-state index < -0.39 is 0 Å². The van der Waals surface area contributed by atoms with E-state index >= 15 is 0 Å². The van der Waals surface area contributed by atoms with Crippen LogP contribution in [-0.2, 0) is 6.42 Å². The van der Waals surface area contributed by atoms with Crippen LogP contribution in [0.15, 0.2) is 59.5 Å². The van der Waals surface area contributed by atoms with E-state index in [-0.39, 0.29) is 12.0 Å². The molecule has 25 heavy (non-hydrogen) atoms. The van der Waals surface area contributed by atoms with Crippen LogP contribution in [0.25, 0.3) is 11.3 Å². The number of aryl methyl sites for hydroxylation is 1. The average molecular weight is 334 g/mol. The lowest BCUT2D eigenvalue weighted by Gasteiger charge is -2.13. The number of nitrogens with zero attached hydrogens (tertiary/aromatic N) is 1. The molecule has 0 saturated carbocycles. The minimum Gasteiger partial charge on any atom is -0.487 e. The van der Waals surface area contributed by atoms with Crippen LogP contribution in [0.1, 0.15) is 21.5 Å². The second-order valence-corrected chi connectivity index (χ2v) is 6.18. The van der Waals surface area contributed by atoms with Crippen LogP contribution in [0.3, 0.4) is 0 Å². The fourth-order valence-electron chi connectivity index (χ4n) is 3.12. The number of aromatic nitrogens is 1. The van der Waals surface area contributed by atoms with Crippen molar-refractivity contribution in [3.05, 3.63) is 71.8 Å². The number of furan rings is 1. The van der Waals surface area contributed by atoms with E-state index in [1.807, 2.05) is 18.2 Å². The Bertz CT molecular complexity index is 889. The lowest BCUT2D eigenvalue weighted by atomic mass is 10.0. The van der Waals surface area contributed by atoms with Gasteiger partial charge in [-0.1, -0.05) is 12.1 Å². The predicted molar refractivity (Wildman–Crippen MR) is 93.6 cm³/mol. The number of ether oxygens (including phenoxy) is 1. The number of fused-ring (bicyclic) bond motifs is 1. The fraction of sp³-hybridized carbons (Fsp3) is 0.200. The molecule has 0 saturated heterocycles. The zero-order valence-corrected chi connectivity index (χ0v) is 13.9. The third-order valence-corrected chi connectivity index (χ3v) is 4.26.